The van der Waals surface area contributed by atoms with Crippen LogP contribution in [0.2, 0.25) is 0 Å². The van der Waals surface area contributed by atoms with Crippen molar-refractivity contribution in [2.45, 2.75) is 180 Å². The number of likely N-dealkylation sites (N-methyl/N-ethyl adjacent to an activating group) is 3. The molecule has 3 fully saturated rings. The second-order valence-corrected chi connectivity index (χ2v) is 22.3. The van der Waals surface area contributed by atoms with Crippen LogP contribution in [0.1, 0.15) is 125 Å². The summed E-state index contributed by atoms with van der Waals surface area (Å²) >= 11 is 0. The first kappa shape index (κ1) is 65.4. The number of primary amides is 2. The highest BCUT2D eigenvalue weighted by molar-refractivity contribution is 5.99. The molecule has 3 saturated heterocycles. The molecule has 1 aromatic carbocycles. The monoisotopic (exact) mass is 1120 g/mol. The summed E-state index contributed by atoms with van der Waals surface area (Å²) in [5.41, 5.74) is 11.8. The first-order valence-electron chi connectivity index (χ1n) is 28.1. The SMILES string of the molecule is CC[C@H](C)[C@@H]1NC(=O)[C@H](CCC(N)=O)N(C)C(=O)[C@@H](C(C)C)N(C)C(=O)CNC(=O)[C@@H]2CCCN2C(=O)[C@H](Cc2ccccc2)NC(=O)[C@@H]([C@@H](C)CC)OC(=O)[C@H](CCC(N)=O)N(C)C(=O)[C@H](C(C)C)NC(=O)[C@@H]2CCCN2C1=O. The highest BCUT2D eigenvalue weighted by Crippen LogP contribution is 2.26. The molecule has 0 aliphatic carbocycles. The number of amides is 11. The molecule has 0 unspecified atom stereocenters. The van der Waals surface area contributed by atoms with E-state index in [-0.39, 0.29) is 58.0 Å². The van der Waals surface area contributed by atoms with E-state index in [0.29, 0.717) is 31.2 Å². The van der Waals surface area contributed by atoms with Crippen LogP contribution in [0.4, 0.5) is 0 Å². The van der Waals surface area contributed by atoms with E-state index in [1.807, 2.05) is 0 Å². The number of cyclic esters (lactones) is 1. The minimum Gasteiger partial charge on any atom is -0.450 e. The lowest BCUT2D eigenvalue weighted by molar-refractivity contribution is -0.167. The van der Waals surface area contributed by atoms with Gasteiger partial charge in [-0.15, -0.1) is 0 Å². The third-order valence-electron chi connectivity index (χ3n) is 15.9. The summed E-state index contributed by atoms with van der Waals surface area (Å²) in [6.07, 6.45) is -1.07. The van der Waals surface area contributed by atoms with E-state index in [0.717, 1.165) is 14.7 Å². The smallest absolute Gasteiger partial charge is 0.329 e. The zero-order valence-corrected chi connectivity index (χ0v) is 48.5. The summed E-state index contributed by atoms with van der Waals surface area (Å²) in [5, 5.41) is 11.0. The van der Waals surface area contributed by atoms with Gasteiger partial charge in [-0.1, -0.05) is 92.1 Å². The Labute approximate surface area is 469 Å². The van der Waals surface area contributed by atoms with Gasteiger partial charge >= 0.3 is 5.97 Å². The molecule has 0 radical (unpaired) electrons. The largest absolute Gasteiger partial charge is 0.450 e. The molecule has 24 nitrogen and oxygen atoms in total. The number of nitrogens with one attached hydrogen (secondary N) is 4. The van der Waals surface area contributed by atoms with Crippen LogP contribution in [0.15, 0.2) is 30.3 Å². The van der Waals surface area contributed by atoms with E-state index >= 15 is 0 Å². The highest BCUT2D eigenvalue weighted by atomic mass is 16.6. The van der Waals surface area contributed by atoms with Crippen molar-refractivity contribution in [1.29, 1.82) is 0 Å². The van der Waals surface area contributed by atoms with Gasteiger partial charge in [0.15, 0.2) is 6.10 Å². The van der Waals surface area contributed by atoms with Crippen molar-refractivity contribution < 1.29 is 62.3 Å². The number of nitrogens with two attached hydrogens (primary N) is 2. The van der Waals surface area contributed by atoms with Crippen molar-refractivity contribution in [3.63, 3.8) is 0 Å². The number of ether oxygens (including phenoxy) is 1. The van der Waals surface area contributed by atoms with Crippen molar-refractivity contribution in [1.82, 2.24) is 45.8 Å². The van der Waals surface area contributed by atoms with Crippen molar-refractivity contribution >= 4 is 70.9 Å². The van der Waals surface area contributed by atoms with Crippen LogP contribution in [0, 0.1) is 23.7 Å². The van der Waals surface area contributed by atoms with E-state index in [1.165, 1.54) is 30.9 Å². The fourth-order valence-corrected chi connectivity index (χ4v) is 10.6. The number of rotatable bonds is 14. The molecular formula is C56H87N11O13. The number of esters is 1. The second kappa shape index (κ2) is 29.9. The summed E-state index contributed by atoms with van der Waals surface area (Å²) in [7, 11) is 4.00. The number of fused-ring (bicyclic) bond motifs is 2. The van der Waals surface area contributed by atoms with Crippen LogP contribution in [0.25, 0.3) is 0 Å². The molecule has 0 spiro atoms. The molecular weight excluding hydrogens is 1030 g/mol. The summed E-state index contributed by atoms with van der Waals surface area (Å²) in [6, 6.07) is -1.41. The summed E-state index contributed by atoms with van der Waals surface area (Å²) in [5.74, 6) is -11.4. The Morgan fingerprint density at radius 3 is 1.66 bits per heavy atom. The van der Waals surface area contributed by atoms with Crippen molar-refractivity contribution in [2.24, 2.45) is 35.1 Å². The summed E-state index contributed by atoms with van der Waals surface area (Å²) < 4.78 is 6.00. The van der Waals surface area contributed by atoms with Gasteiger partial charge in [-0.25, -0.2) is 4.79 Å². The second-order valence-electron chi connectivity index (χ2n) is 22.3. The lowest BCUT2D eigenvalue weighted by Gasteiger charge is -2.37. The average molecular weight is 1120 g/mol. The number of hydrogen-bond donors (Lipinski definition) is 6. The average Bonchev–Trinajstić information content (AvgIpc) is 4.12. The van der Waals surface area contributed by atoms with E-state index in [4.69, 9.17) is 16.2 Å². The normalized spacial score (nSPS) is 27.0. The van der Waals surface area contributed by atoms with Gasteiger partial charge in [0.05, 0.1) is 6.54 Å². The lowest BCUT2D eigenvalue weighted by Crippen LogP contribution is -2.61. The molecule has 24 heteroatoms. The molecule has 8 N–H and O–H groups in total. The number of hydrogen-bond acceptors (Lipinski definition) is 13. The minimum atomic E-state index is -1.54. The van der Waals surface area contributed by atoms with Crippen molar-refractivity contribution in [2.75, 3.05) is 40.8 Å². The van der Waals surface area contributed by atoms with Crippen LogP contribution >= 0.6 is 0 Å². The molecule has 0 bridgehead atoms. The predicted molar refractivity (Wildman–Crippen MR) is 293 cm³/mol. The predicted octanol–water partition coefficient (Wildman–Crippen LogP) is 0.123. The van der Waals surface area contributed by atoms with E-state index in [1.54, 1.807) is 85.7 Å². The molecule has 80 heavy (non-hydrogen) atoms. The Balaban J connectivity index is 1.86. The molecule has 1 aromatic rings. The third kappa shape index (κ3) is 16.7. The molecule has 0 aromatic heterocycles. The molecule has 0 saturated carbocycles. The van der Waals surface area contributed by atoms with E-state index in [2.05, 4.69) is 21.3 Å². The molecule has 3 heterocycles. The standard InChI is InChI=1S/C56H87N11O13/c1-12-33(7)45-54(77)67-28-18-22-39(67)50(73)61-44(31(3)4)53(76)64(10)40(24-26-42(58)69)56(79)80-47(34(8)13-2)51(74)60-36(29-35-19-15-14-16-20-35)52(75)66-27-17-21-38(66)48(71)59-30-43(70)65(11)46(32(5)6)55(78)63(9)37(49(72)62-45)23-25-41(57)68/h14-16,19-20,31-34,36-40,44-47H,12-13,17-18,21-30H2,1-11H3,(H2,57,68)(H2,58,69)(H,59,71)(H,60,74)(H,61,73)(H,62,72)/t33-,34-,36-,37-,38-,39-,40-,44-,45-,46+,47+/m0/s1. The molecule has 3 aliphatic rings. The molecule has 444 valence electrons. The van der Waals surface area contributed by atoms with Gasteiger partial charge in [0.2, 0.25) is 59.1 Å². The molecule has 11 amide bonds. The quantitative estimate of drug-likeness (QED) is 0.135. The van der Waals surface area contributed by atoms with Crippen LogP contribution in [-0.4, -0.2) is 191 Å². The van der Waals surface area contributed by atoms with Gasteiger partial charge in [0.25, 0.3) is 5.91 Å². The molecule has 4 rings (SSSR count). The van der Waals surface area contributed by atoms with Gasteiger partial charge < -0.3 is 62.0 Å². The van der Waals surface area contributed by atoms with Gasteiger partial charge in [0.1, 0.15) is 48.3 Å². The summed E-state index contributed by atoms with van der Waals surface area (Å²) in [6.45, 7) is 13.3. The Morgan fingerprint density at radius 2 is 1.12 bits per heavy atom. The minimum absolute atomic E-state index is 0.0448. The molecule has 11 atom stereocenters. The Kier molecular flexibility index (Phi) is 24.4. The molecule has 3 aliphatic heterocycles. The maximum atomic E-state index is 14.8. The first-order valence-corrected chi connectivity index (χ1v) is 28.1. The van der Waals surface area contributed by atoms with Gasteiger partial charge in [0, 0.05) is 59.4 Å². The van der Waals surface area contributed by atoms with Crippen molar-refractivity contribution in [3.8, 4) is 0 Å². The number of nitrogens with zero attached hydrogens (tertiary/aromatic N) is 5. The number of carbonyl (C=O) groups excluding carboxylic acids is 12. The number of benzene rings is 1. The third-order valence-corrected chi connectivity index (χ3v) is 15.9. The zero-order valence-electron chi connectivity index (χ0n) is 48.5. The van der Waals surface area contributed by atoms with Gasteiger partial charge in [-0.3, -0.25) is 52.7 Å². The Hall–Kier alpha value is -7.14. The lowest BCUT2D eigenvalue weighted by atomic mass is 9.95. The highest BCUT2D eigenvalue weighted by Gasteiger charge is 2.45. The van der Waals surface area contributed by atoms with Crippen LogP contribution < -0.4 is 32.7 Å². The Bertz CT molecular complexity index is 2420. The topological polar surface area (TPSA) is 330 Å². The van der Waals surface area contributed by atoms with Crippen LogP contribution in [0.3, 0.4) is 0 Å². The van der Waals surface area contributed by atoms with E-state index < -0.39 is 156 Å². The fraction of sp³-hybridized carbons (Fsp3) is 0.679. The zero-order chi connectivity index (χ0) is 59.9. The first-order chi connectivity index (χ1) is 37.7. The summed E-state index contributed by atoms with van der Waals surface area (Å²) in [4.78, 5) is 175. The van der Waals surface area contributed by atoms with Gasteiger partial charge in [-0.05, 0) is 68.3 Å². The number of carbonyl (C=O) groups is 12. The maximum Gasteiger partial charge on any atom is 0.329 e. The van der Waals surface area contributed by atoms with Crippen LogP contribution in [-0.2, 0) is 68.7 Å². The maximum absolute atomic E-state index is 14.8. The van der Waals surface area contributed by atoms with Crippen molar-refractivity contribution in [3.05, 3.63) is 35.9 Å². The van der Waals surface area contributed by atoms with Crippen LogP contribution in [0.5, 0.6) is 0 Å². The fourth-order valence-electron chi connectivity index (χ4n) is 10.6. The van der Waals surface area contributed by atoms with Gasteiger partial charge in [-0.2, -0.15) is 0 Å². The Morgan fingerprint density at radius 1 is 0.600 bits per heavy atom. The van der Waals surface area contributed by atoms with E-state index in [9.17, 15) is 57.5 Å².